The number of rotatable bonds is 7. The molecule has 4 N–H and O–H groups in total. The van der Waals surface area contributed by atoms with E-state index in [1.807, 2.05) is 58.0 Å². The van der Waals surface area contributed by atoms with Crippen molar-refractivity contribution in [3.8, 4) is 6.07 Å². The van der Waals surface area contributed by atoms with E-state index in [4.69, 9.17) is 0 Å². The number of hydrogen-bond acceptors (Lipinski definition) is 5. The number of carbonyl (C=O) groups is 2. The molecule has 8 nitrogen and oxygen atoms in total. The molecule has 2 atom stereocenters. The van der Waals surface area contributed by atoms with Crippen molar-refractivity contribution < 1.29 is 19.6 Å². The molecule has 2 rings (SSSR count). The normalized spacial score (nSPS) is 17.5. The first-order chi connectivity index (χ1) is 15.0. The van der Waals surface area contributed by atoms with E-state index in [9.17, 15) is 24.9 Å². The molecular weight excluding hydrogens is 407 g/mol. The van der Waals surface area contributed by atoms with Crippen LogP contribution >= 0.6 is 0 Å². The van der Waals surface area contributed by atoms with Gasteiger partial charge in [-0.2, -0.15) is 5.26 Å². The van der Waals surface area contributed by atoms with Crippen molar-refractivity contribution >= 4 is 19.1 Å². The predicted molar refractivity (Wildman–Crippen MR) is 123 cm³/mol. The number of likely N-dealkylation sites (tertiary alicyclic amines) is 1. The highest BCUT2D eigenvalue weighted by atomic mass is 16.4. The second kappa shape index (κ2) is 11.2. The summed E-state index contributed by atoms with van der Waals surface area (Å²) in [6, 6.07) is 8.84. The van der Waals surface area contributed by atoms with Crippen molar-refractivity contribution in [3.05, 3.63) is 47.0 Å². The van der Waals surface area contributed by atoms with E-state index in [1.165, 1.54) is 0 Å². The molecule has 1 aliphatic rings. The summed E-state index contributed by atoms with van der Waals surface area (Å²) >= 11 is 0. The molecule has 0 aliphatic carbocycles. The lowest BCUT2D eigenvalue weighted by atomic mass is 9.76. The van der Waals surface area contributed by atoms with Gasteiger partial charge in [0.25, 0.3) is 5.91 Å². The van der Waals surface area contributed by atoms with E-state index in [-0.39, 0.29) is 35.9 Å². The number of urea groups is 1. The smallest absolute Gasteiger partial charge is 0.426 e. The number of aryl methyl sites for hydroxylation is 1. The lowest BCUT2D eigenvalue weighted by molar-refractivity contribution is -0.127. The first-order valence-corrected chi connectivity index (χ1v) is 10.9. The molecule has 0 spiro atoms. The minimum Gasteiger partial charge on any atom is -0.426 e. The third kappa shape index (κ3) is 7.70. The molecular formula is C23H33BN4O4. The second-order valence-corrected chi connectivity index (χ2v) is 9.39. The van der Waals surface area contributed by atoms with Crippen LogP contribution in [-0.4, -0.2) is 59.1 Å². The summed E-state index contributed by atoms with van der Waals surface area (Å²) in [7, 11) is -1.72. The van der Waals surface area contributed by atoms with E-state index in [2.05, 4.69) is 10.6 Å². The minimum absolute atomic E-state index is 0.107. The number of carbonyl (C=O) groups excluding carboxylic acids is 2. The van der Waals surface area contributed by atoms with E-state index in [1.54, 1.807) is 11.0 Å². The number of nitriles is 1. The number of amides is 3. The molecule has 1 aromatic carbocycles. The first kappa shape index (κ1) is 25.4. The Balaban J connectivity index is 1.95. The van der Waals surface area contributed by atoms with Crippen LogP contribution in [-0.2, 0) is 11.2 Å². The highest BCUT2D eigenvalue weighted by molar-refractivity contribution is 6.43. The van der Waals surface area contributed by atoms with Crippen molar-refractivity contribution in [3.63, 3.8) is 0 Å². The highest BCUT2D eigenvalue weighted by Crippen LogP contribution is 2.23. The largest absolute Gasteiger partial charge is 0.475 e. The van der Waals surface area contributed by atoms with Gasteiger partial charge in [0, 0.05) is 19.1 Å². The minimum atomic E-state index is -1.72. The number of benzene rings is 1. The van der Waals surface area contributed by atoms with Crippen LogP contribution in [0.25, 0.3) is 0 Å². The van der Waals surface area contributed by atoms with Gasteiger partial charge in [0.1, 0.15) is 11.6 Å². The first-order valence-electron chi connectivity index (χ1n) is 10.9. The summed E-state index contributed by atoms with van der Waals surface area (Å²) < 4.78 is 0. The van der Waals surface area contributed by atoms with Gasteiger partial charge in [0.05, 0.1) is 5.94 Å². The Morgan fingerprint density at radius 1 is 1.31 bits per heavy atom. The quantitative estimate of drug-likeness (QED) is 0.292. The summed E-state index contributed by atoms with van der Waals surface area (Å²) in [5, 5.41) is 34.1. The van der Waals surface area contributed by atoms with E-state index in [0.29, 0.717) is 6.54 Å². The van der Waals surface area contributed by atoms with Gasteiger partial charge in [-0.3, -0.25) is 4.79 Å². The summed E-state index contributed by atoms with van der Waals surface area (Å²) in [6.07, 6.45) is 3.45. The molecule has 1 saturated heterocycles. The molecule has 1 unspecified atom stereocenters. The molecule has 1 aliphatic heterocycles. The van der Waals surface area contributed by atoms with Gasteiger partial charge in [-0.1, -0.05) is 56.7 Å². The zero-order chi connectivity index (χ0) is 23.9. The van der Waals surface area contributed by atoms with Gasteiger partial charge in [0.2, 0.25) is 0 Å². The van der Waals surface area contributed by atoms with Crippen molar-refractivity contribution in [2.75, 3.05) is 13.1 Å². The molecule has 1 heterocycles. The molecule has 3 amide bonds. The van der Waals surface area contributed by atoms with E-state index >= 15 is 0 Å². The topological polar surface area (TPSA) is 126 Å². The Hall–Kier alpha value is -2.83. The maximum atomic E-state index is 12.8. The van der Waals surface area contributed by atoms with Crippen molar-refractivity contribution in [2.45, 2.75) is 58.9 Å². The summed E-state index contributed by atoms with van der Waals surface area (Å²) in [4.78, 5) is 26.9. The molecule has 0 aromatic heterocycles. The number of allylic oxidation sites excluding steroid dienone is 1. The zero-order valence-electron chi connectivity index (χ0n) is 19.3. The van der Waals surface area contributed by atoms with E-state index in [0.717, 1.165) is 24.0 Å². The average molecular weight is 440 g/mol. The van der Waals surface area contributed by atoms with Gasteiger partial charge in [-0.05, 0) is 37.2 Å². The van der Waals surface area contributed by atoms with Crippen molar-refractivity contribution in [1.82, 2.24) is 15.5 Å². The van der Waals surface area contributed by atoms with Gasteiger partial charge in [-0.15, -0.1) is 0 Å². The lowest BCUT2D eigenvalue weighted by Crippen LogP contribution is -2.53. The highest BCUT2D eigenvalue weighted by Gasteiger charge is 2.32. The maximum absolute atomic E-state index is 12.8. The van der Waals surface area contributed by atoms with Crippen LogP contribution in [0.4, 0.5) is 4.79 Å². The Labute approximate surface area is 190 Å². The summed E-state index contributed by atoms with van der Waals surface area (Å²) in [6.45, 7) is 8.48. The Kier molecular flexibility index (Phi) is 8.87. The monoisotopic (exact) mass is 440 g/mol. The van der Waals surface area contributed by atoms with E-state index < -0.39 is 19.1 Å². The second-order valence-electron chi connectivity index (χ2n) is 9.39. The van der Waals surface area contributed by atoms with Crippen LogP contribution in [0.1, 0.15) is 44.7 Å². The van der Waals surface area contributed by atoms with Crippen LogP contribution < -0.4 is 10.6 Å². The van der Waals surface area contributed by atoms with Crippen LogP contribution in [0.3, 0.4) is 0 Å². The van der Waals surface area contributed by atoms with Gasteiger partial charge < -0.3 is 25.6 Å². The van der Waals surface area contributed by atoms with Gasteiger partial charge in [-0.25, -0.2) is 4.79 Å². The molecule has 32 heavy (non-hydrogen) atoms. The number of hydrogen-bond donors (Lipinski definition) is 4. The van der Waals surface area contributed by atoms with Crippen LogP contribution in [0.2, 0.25) is 0 Å². The summed E-state index contributed by atoms with van der Waals surface area (Å²) in [5.74, 6) is -1.20. The lowest BCUT2D eigenvalue weighted by Gasteiger charge is -2.26. The Morgan fingerprint density at radius 3 is 2.53 bits per heavy atom. The van der Waals surface area contributed by atoms with Crippen LogP contribution in [0.15, 0.2) is 35.9 Å². The summed E-state index contributed by atoms with van der Waals surface area (Å²) in [5.41, 5.74) is 1.77. The molecule has 0 bridgehead atoms. The Bertz CT molecular complexity index is 871. The zero-order valence-corrected chi connectivity index (χ0v) is 19.3. The SMILES string of the molecule is Cc1ccc(CC(NC(=O)NC[C@@H]2CCCN2C(=O)C(C#N)=CC(C)(C)C)B(O)O)cc1. The maximum Gasteiger partial charge on any atom is 0.475 e. The third-order valence-corrected chi connectivity index (χ3v) is 5.32. The molecule has 1 fully saturated rings. The van der Waals surface area contributed by atoms with Crippen molar-refractivity contribution in [2.24, 2.45) is 5.41 Å². The van der Waals surface area contributed by atoms with Gasteiger partial charge in [0.15, 0.2) is 0 Å². The number of nitrogens with one attached hydrogen (secondary N) is 2. The number of nitrogens with zero attached hydrogens (tertiary/aromatic N) is 2. The van der Waals surface area contributed by atoms with Gasteiger partial charge >= 0.3 is 13.1 Å². The standard InChI is InChI=1S/C23H33BN4O4/c1-16-7-9-17(10-8-16)12-20(24(31)32)27-22(30)26-15-19-6-5-11-28(19)21(29)18(14-25)13-23(2,3)4/h7-10,13,19-20,31-32H,5-6,11-12,15H2,1-4H3,(H2,26,27,30)/t19-,20?/m0/s1. The van der Waals surface area contributed by atoms with Crippen molar-refractivity contribution in [1.29, 1.82) is 5.26 Å². The Morgan fingerprint density at radius 2 is 1.97 bits per heavy atom. The fraction of sp³-hybridized carbons (Fsp3) is 0.522. The molecule has 1 aromatic rings. The molecule has 172 valence electrons. The third-order valence-electron chi connectivity index (χ3n) is 5.32. The molecule has 0 radical (unpaired) electrons. The average Bonchev–Trinajstić information content (AvgIpc) is 3.19. The van der Waals surface area contributed by atoms with Crippen LogP contribution in [0.5, 0.6) is 0 Å². The fourth-order valence-corrected chi connectivity index (χ4v) is 3.68. The molecule has 0 saturated carbocycles. The fourth-order valence-electron chi connectivity index (χ4n) is 3.68. The van der Waals surface area contributed by atoms with Crippen LogP contribution in [0, 0.1) is 23.7 Å². The predicted octanol–water partition coefficient (Wildman–Crippen LogP) is 1.70. The molecule has 9 heteroatoms.